The lowest BCUT2D eigenvalue weighted by Crippen LogP contribution is -2.12. The number of benzene rings is 2. The molecular formula is C15H10F2N4O. The van der Waals surface area contributed by atoms with Gasteiger partial charge in [-0.1, -0.05) is 0 Å². The van der Waals surface area contributed by atoms with E-state index in [0.29, 0.717) is 5.56 Å². The quantitative estimate of drug-likeness (QED) is 0.809. The van der Waals surface area contributed by atoms with Crippen LogP contribution in [0.15, 0.2) is 55.1 Å². The molecule has 110 valence electrons. The Hall–Kier alpha value is -3.09. The minimum atomic E-state index is -1.01. The van der Waals surface area contributed by atoms with Crippen LogP contribution in [0, 0.1) is 11.6 Å². The lowest BCUT2D eigenvalue weighted by molar-refractivity contribution is 0.102. The van der Waals surface area contributed by atoms with Gasteiger partial charge in [0, 0.05) is 17.3 Å². The predicted molar refractivity (Wildman–Crippen MR) is 75.7 cm³/mol. The Balaban J connectivity index is 1.76. The highest BCUT2D eigenvalue weighted by molar-refractivity contribution is 6.04. The summed E-state index contributed by atoms with van der Waals surface area (Å²) in [7, 11) is 0. The molecule has 3 aromatic rings. The van der Waals surface area contributed by atoms with Crippen LogP contribution >= 0.6 is 0 Å². The van der Waals surface area contributed by atoms with Gasteiger partial charge in [0.25, 0.3) is 5.91 Å². The van der Waals surface area contributed by atoms with Gasteiger partial charge < -0.3 is 5.32 Å². The van der Waals surface area contributed by atoms with E-state index in [-0.39, 0.29) is 5.69 Å². The van der Waals surface area contributed by atoms with Crippen molar-refractivity contribution >= 4 is 11.6 Å². The van der Waals surface area contributed by atoms with Crippen LogP contribution in [-0.2, 0) is 0 Å². The van der Waals surface area contributed by atoms with Crippen LogP contribution in [0.3, 0.4) is 0 Å². The average molecular weight is 300 g/mol. The smallest absolute Gasteiger partial charge is 0.255 e. The van der Waals surface area contributed by atoms with E-state index in [2.05, 4.69) is 15.4 Å². The molecule has 0 aliphatic carbocycles. The number of hydrogen-bond donors (Lipinski definition) is 1. The summed E-state index contributed by atoms with van der Waals surface area (Å²) in [4.78, 5) is 15.9. The molecule has 1 amide bonds. The van der Waals surface area contributed by atoms with Crippen LogP contribution in [0.1, 0.15) is 10.4 Å². The van der Waals surface area contributed by atoms with Crippen molar-refractivity contribution in [2.24, 2.45) is 0 Å². The molecule has 0 aliphatic rings. The van der Waals surface area contributed by atoms with Crippen LogP contribution in [0.25, 0.3) is 5.69 Å². The number of rotatable bonds is 3. The summed E-state index contributed by atoms with van der Waals surface area (Å²) < 4.78 is 27.5. The Bertz CT molecular complexity index is 801. The van der Waals surface area contributed by atoms with Gasteiger partial charge in [-0.3, -0.25) is 4.79 Å². The fourth-order valence-electron chi connectivity index (χ4n) is 1.88. The van der Waals surface area contributed by atoms with Crippen LogP contribution in [-0.4, -0.2) is 20.7 Å². The first-order valence-corrected chi connectivity index (χ1v) is 6.35. The molecule has 0 saturated heterocycles. The lowest BCUT2D eigenvalue weighted by Gasteiger charge is -2.06. The van der Waals surface area contributed by atoms with Crippen molar-refractivity contribution in [3.05, 3.63) is 72.3 Å². The van der Waals surface area contributed by atoms with Gasteiger partial charge in [-0.15, -0.1) is 0 Å². The molecule has 0 unspecified atom stereocenters. The Morgan fingerprint density at radius 3 is 2.45 bits per heavy atom. The zero-order chi connectivity index (χ0) is 15.5. The van der Waals surface area contributed by atoms with Gasteiger partial charge in [-0.05, 0) is 36.4 Å². The number of nitrogens with zero attached hydrogens (tertiary/aromatic N) is 3. The predicted octanol–water partition coefficient (Wildman–Crippen LogP) is 2.80. The Kier molecular flexibility index (Phi) is 3.61. The van der Waals surface area contributed by atoms with Crippen molar-refractivity contribution in [1.82, 2.24) is 14.8 Å². The zero-order valence-electron chi connectivity index (χ0n) is 11.2. The largest absolute Gasteiger partial charge is 0.322 e. The Morgan fingerprint density at radius 1 is 1.05 bits per heavy atom. The van der Waals surface area contributed by atoms with Crippen molar-refractivity contribution in [2.45, 2.75) is 0 Å². The normalized spacial score (nSPS) is 10.5. The van der Waals surface area contributed by atoms with E-state index in [1.165, 1.54) is 18.7 Å². The van der Waals surface area contributed by atoms with E-state index in [9.17, 15) is 13.6 Å². The van der Waals surface area contributed by atoms with Gasteiger partial charge in [0.15, 0.2) is 11.6 Å². The maximum absolute atomic E-state index is 13.1. The van der Waals surface area contributed by atoms with Crippen molar-refractivity contribution < 1.29 is 13.6 Å². The molecule has 0 spiro atoms. The molecule has 22 heavy (non-hydrogen) atoms. The first kappa shape index (κ1) is 13.9. The van der Waals surface area contributed by atoms with Gasteiger partial charge in [-0.25, -0.2) is 18.4 Å². The summed E-state index contributed by atoms with van der Waals surface area (Å²) in [6.45, 7) is 0. The molecule has 0 bridgehead atoms. The summed E-state index contributed by atoms with van der Waals surface area (Å²) in [5.74, 6) is -2.40. The molecule has 1 N–H and O–H groups in total. The third-order valence-electron chi connectivity index (χ3n) is 2.99. The molecule has 5 nitrogen and oxygen atoms in total. The molecule has 7 heteroatoms. The van der Waals surface area contributed by atoms with Gasteiger partial charge in [0.05, 0.1) is 5.69 Å². The molecule has 0 aliphatic heterocycles. The number of anilines is 1. The number of hydrogen-bond acceptors (Lipinski definition) is 3. The first-order valence-electron chi connectivity index (χ1n) is 6.35. The highest BCUT2D eigenvalue weighted by atomic mass is 19.2. The minimum Gasteiger partial charge on any atom is -0.322 e. The Labute approximate surface area is 124 Å². The minimum absolute atomic E-state index is 0.184. The van der Waals surface area contributed by atoms with Gasteiger partial charge in [-0.2, -0.15) is 5.10 Å². The van der Waals surface area contributed by atoms with E-state index < -0.39 is 17.5 Å². The first-order chi connectivity index (χ1) is 10.6. The molecular weight excluding hydrogens is 290 g/mol. The number of carbonyl (C=O) groups is 1. The number of halogens is 2. The second-order valence-corrected chi connectivity index (χ2v) is 4.47. The fraction of sp³-hybridized carbons (Fsp3) is 0. The van der Waals surface area contributed by atoms with Crippen molar-refractivity contribution in [3.63, 3.8) is 0 Å². The Morgan fingerprint density at radius 2 is 1.82 bits per heavy atom. The second-order valence-electron chi connectivity index (χ2n) is 4.47. The van der Waals surface area contributed by atoms with Crippen LogP contribution in [0.5, 0.6) is 0 Å². The summed E-state index contributed by atoms with van der Waals surface area (Å²) in [5.41, 5.74) is 1.32. The topological polar surface area (TPSA) is 59.8 Å². The van der Waals surface area contributed by atoms with Gasteiger partial charge >= 0.3 is 0 Å². The van der Waals surface area contributed by atoms with E-state index in [0.717, 1.165) is 17.8 Å². The van der Waals surface area contributed by atoms with Crippen molar-refractivity contribution in [3.8, 4) is 5.69 Å². The van der Waals surface area contributed by atoms with Crippen LogP contribution in [0.2, 0.25) is 0 Å². The van der Waals surface area contributed by atoms with E-state index in [1.807, 2.05) is 0 Å². The van der Waals surface area contributed by atoms with Gasteiger partial charge in [0.2, 0.25) is 0 Å². The van der Waals surface area contributed by atoms with Crippen molar-refractivity contribution in [1.29, 1.82) is 0 Å². The van der Waals surface area contributed by atoms with Crippen LogP contribution < -0.4 is 5.32 Å². The third-order valence-corrected chi connectivity index (χ3v) is 2.99. The number of nitrogens with one attached hydrogen (secondary N) is 1. The average Bonchev–Trinajstić information content (AvgIpc) is 3.05. The lowest BCUT2D eigenvalue weighted by atomic mass is 10.2. The molecule has 0 radical (unpaired) electrons. The number of carbonyl (C=O) groups excluding carboxylic acids is 1. The van der Waals surface area contributed by atoms with E-state index in [4.69, 9.17) is 0 Å². The molecule has 3 rings (SSSR count). The van der Waals surface area contributed by atoms with Crippen molar-refractivity contribution in [2.75, 3.05) is 5.32 Å². The summed E-state index contributed by atoms with van der Waals surface area (Å²) in [6, 6.07) is 9.79. The standard InChI is InChI=1S/C15H10F2N4O/c16-13-6-3-11(7-14(13)17)20-15(22)10-1-4-12(5-2-10)21-9-18-8-19-21/h1-9H,(H,20,22). The second kappa shape index (κ2) is 5.72. The maximum atomic E-state index is 13.1. The number of aromatic nitrogens is 3. The summed E-state index contributed by atoms with van der Waals surface area (Å²) in [6.07, 6.45) is 2.94. The summed E-state index contributed by atoms with van der Waals surface area (Å²) in [5, 5.41) is 6.47. The number of amides is 1. The fourth-order valence-corrected chi connectivity index (χ4v) is 1.88. The molecule has 0 fully saturated rings. The van der Waals surface area contributed by atoms with Crippen LogP contribution in [0.4, 0.5) is 14.5 Å². The molecule has 1 aromatic heterocycles. The van der Waals surface area contributed by atoms with E-state index >= 15 is 0 Å². The maximum Gasteiger partial charge on any atom is 0.255 e. The molecule has 1 heterocycles. The SMILES string of the molecule is O=C(Nc1ccc(F)c(F)c1)c1ccc(-n2cncn2)cc1. The molecule has 0 atom stereocenters. The highest BCUT2D eigenvalue weighted by Crippen LogP contribution is 2.15. The molecule has 0 saturated carbocycles. The highest BCUT2D eigenvalue weighted by Gasteiger charge is 2.09. The molecule has 2 aromatic carbocycles. The summed E-state index contributed by atoms with van der Waals surface area (Å²) >= 11 is 0. The van der Waals surface area contributed by atoms with Gasteiger partial charge in [0.1, 0.15) is 12.7 Å². The monoisotopic (exact) mass is 300 g/mol. The van der Waals surface area contributed by atoms with E-state index in [1.54, 1.807) is 28.9 Å². The zero-order valence-corrected chi connectivity index (χ0v) is 11.2. The third kappa shape index (κ3) is 2.83.